The Morgan fingerprint density at radius 2 is 2.00 bits per heavy atom. The van der Waals surface area contributed by atoms with E-state index in [-0.39, 0.29) is 11.9 Å². The quantitative estimate of drug-likeness (QED) is 0.935. The highest BCUT2D eigenvalue weighted by molar-refractivity contribution is 6.30. The van der Waals surface area contributed by atoms with E-state index < -0.39 is 0 Å². The second-order valence-electron chi connectivity index (χ2n) is 6.04. The van der Waals surface area contributed by atoms with Crippen LogP contribution in [0.25, 0.3) is 0 Å². The van der Waals surface area contributed by atoms with Crippen LogP contribution >= 0.6 is 11.6 Å². The number of carbonyl (C=O) groups excluding carboxylic acids is 1. The van der Waals surface area contributed by atoms with Gasteiger partial charge in [-0.15, -0.1) is 0 Å². The number of amides is 1. The lowest BCUT2D eigenvalue weighted by Gasteiger charge is -2.32. The van der Waals surface area contributed by atoms with E-state index in [2.05, 4.69) is 27.3 Å². The van der Waals surface area contributed by atoms with Gasteiger partial charge in [0.15, 0.2) is 0 Å². The summed E-state index contributed by atoms with van der Waals surface area (Å²) in [6.07, 6.45) is 5.18. The van der Waals surface area contributed by atoms with E-state index in [9.17, 15) is 4.79 Å². The maximum Gasteiger partial charge on any atom is 0.269 e. The van der Waals surface area contributed by atoms with Gasteiger partial charge in [0.1, 0.15) is 5.69 Å². The molecule has 0 aliphatic carbocycles. The predicted octanol–water partition coefficient (Wildman–Crippen LogP) is 2.47. The minimum Gasteiger partial charge on any atom is -0.348 e. The summed E-state index contributed by atoms with van der Waals surface area (Å²) in [4.78, 5) is 18.6. The zero-order valence-electron chi connectivity index (χ0n) is 13.2. The third-order valence-electron chi connectivity index (χ3n) is 4.29. The second-order valence-corrected chi connectivity index (χ2v) is 6.48. The van der Waals surface area contributed by atoms with E-state index in [1.54, 1.807) is 17.1 Å². The van der Waals surface area contributed by atoms with Gasteiger partial charge < -0.3 is 9.88 Å². The monoisotopic (exact) mass is 332 g/mol. The van der Waals surface area contributed by atoms with Gasteiger partial charge in [-0.05, 0) is 30.5 Å². The molecule has 0 spiro atoms. The fourth-order valence-electron chi connectivity index (χ4n) is 2.92. The van der Waals surface area contributed by atoms with Crippen LogP contribution in [0.2, 0.25) is 5.02 Å². The highest BCUT2D eigenvalue weighted by Gasteiger charge is 2.22. The molecule has 2 aromatic rings. The molecule has 5 nitrogen and oxygen atoms in total. The molecule has 1 amide bonds. The Hall–Kier alpha value is -1.85. The van der Waals surface area contributed by atoms with Crippen LogP contribution in [-0.2, 0) is 13.6 Å². The van der Waals surface area contributed by atoms with E-state index in [1.807, 2.05) is 19.2 Å². The summed E-state index contributed by atoms with van der Waals surface area (Å²) in [5, 5.41) is 3.88. The van der Waals surface area contributed by atoms with Crippen molar-refractivity contribution >= 4 is 17.5 Å². The summed E-state index contributed by atoms with van der Waals surface area (Å²) in [5.74, 6) is -0.0406. The van der Waals surface area contributed by atoms with E-state index in [0.29, 0.717) is 5.69 Å². The molecule has 2 heterocycles. The van der Waals surface area contributed by atoms with Gasteiger partial charge in [0, 0.05) is 37.7 Å². The van der Waals surface area contributed by atoms with Crippen molar-refractivity contribution in [3.05, 3.63) is 53.1 Å². The SMILES string of the molecule is Cn1cncc1C(=O)NC1CCN(Cc2ccc(Cl)cc2)CC1. The highest BCUT2D eigenvalue weighted by Crippen LogP contribution is 2.16. The highest BCUT2D eigenvalue weighted by atomic mass is 35.5. The number of nitrogens with one attached hydrogen (secondary N) is 1. The van der Waals surface area contributed by atoms with Gasteiger partial charge in [-0.25, -0.2) is 4.98 Å². The number of imidazole rings is 1. The van der Waals surface area contributed by atoms with Crippen molar-refractivity contribution < 1.29 is 4.79 Å². The summed E-state index contributed by atoms with van der Waals surface area (Å²) in [7, 11) is 1.83. The maximum atomic E-state index is 12.2. The average molecular weight is 333 g/mol. The number of aryl methyl sites for hydroxylation is 1. The first kappa shape index (κ1) is 16.0. The Balaban J connectivity index is 1.48. The van der Waals surface area contributed by atoms with E-state index in [0.717, 1.165) is 37.5 Å². The summed E-state index contributed by atoms with van der Waals surface area (Å²) in [6.45, 7) is 2.90. The number of hydrogen-bond donors (Lipinski definition) is 1. The number of likely N-dealkylation sites (tertiary alicyclic amines) is 1. The van der Waals surface area contributed by atoms with Crippen molar-refractivity contribution in [1.29, 1.82) is 0 Å². The zero-order chi connectivity index (χ0) is 16.2. The second kappa shape index (κ2) is 7.15. The summed E-state index contributed by atoms with van der Waals surface area (Å²) < 4.78 is 1.74. The Labute approximate surface area is 141 Å². The third-order valence-corrected chi connectivity index (χ3v) is 4.54. The molecule has 0 bridgehead atoms. The van der Waals surface area contributed by atoms with Crippen molar-refractivity contribution in [2.45, 2.75) is 25.4 Å². The maximum absolute atomic E-state index is 12.2. The van der Waals surface area contributed by atoms with Crippen LogP contribution in [0.4, 0.5) is 0 Å². The van der Waals surface area contributed by atoms with Crippen LogP contribution in [0.3, 0.4) is 0 Å². The lowest BCUT2D eigenvalue weighted by atomic mass is 10.0. The normalized spacial score (nSPS) is 16.4. The van der Waals surface area contributed by atoms with Crippen LogP contribution in [0.15, 0.2) is 36.8 Å². The molecule has 1 aliphatic heterocycles. The molecule has 122 valence electrons. The molecular formula is C17H21ClN4O. The Morgan fingerprint density at radius 3 is 2.61 bits per heavy atom. The molecular weight excluding hydrogens is 312 g/mol. The van der Waals surface area contributed by atoms with Crippen molar-refractivity contribution in [3.63, 3.8) is 0 Å². The van der Waals surface area contributed by atoms with Gasteiger partial charge in [0.25, 0.3) is 5.91 Å². The molecule has 0 saturated carbocycles. The summed E-state index contributed by atoms with van der Waals surface area (Å²) in [5.41, 5.74) is 1.88. The first-order valence-corrected chi connectivity index (χ1v) is 8.23. The van der Waals surface area contributed by atoms with Crippen LogP contribution in [0.5, 0.6) is 0 Å². The first-order chi connectivity index (χ1) is 11.1. The molecule has 3 rings (SSSR count). The van der Waals surface area contributed by atoms with Crippen molar-refractivity contribution in [3.8, 4) is 0 Å². The van der Waals surface area contributed by atoms with E-state index in [4.69, 9.17) is 11.6 Å². The number of piperidine rings is 1. The van der Waals surface area contributed by atoms with Gasteiger partial charge in [-0.2, -0.15) is 0 Å². The number of carbonyl (C=O) groups is 1. The zero-order valence-corrected chi connectivity index (χ0v) is 14.0. The molecule has 1 fully saturated rings. The number of halogens is 1. The van der Waals surface area contributed by atoms with Crippen LogP contribution in [-0.4, -0.2) is 39.5 Å². The first-order valence-electron chi connectivity index (χ1n) is 7.86. The Morgan fingerprint density at radius 1 is 1.30 bits per heavy atom. The Kier molecular flexibility index (Phi) is 4.98. The molecule has 1 aromatic heterocycles. The molecule has 1 aliphatic rings. The van der Waals surface area contributed by atoms with E-state index >= 15 is 0 Å². The molecule has 23 heavy (non-hydrogen) atoms. The largest absolute Gasteiger partial charge is 0.348 e. The lowest BCUT2D eigenvalue weighted by Crippen LogP contribution is -2.44. The molecule has 1 aromatic carbocycles. The molecule has 1 N–H and O–H groups in total. The van der Waals surface area contributed by atoms with E-state index in [1.165, 1.54) is 5.56 Å². The lowest BCUT2D eigenvalue weighted by molar-refractivity contribution is 0.0900. The minimum atomic E-state index is -0.0406. The van der Waals surface area contributed by atoms with Gasteiger partial charge in [-0.1, -0.05) is 23.7 Å². The molecule has 1 saturated heterocycles. The van der Waals surface area contributed by atoms with Gasteiger partial charge in [0.05, 0.1) is 12.5 Å². The van der Waals surface area contributed by atoms with Crippen molar-refractivity contribution in [2.24, 2.45) is 7.05 Å². The number of rotatable bonds is 4. The van der Waals surface area contributed by atoms with Gasteiger partial charge in [-0.3, -0.25) is 9.69 Å². The van der Waals surface area contributed by atoms with Crippen LogP contribution < -0.4 is 5.32 Å². The van der Waals surface area contributed by atoms with Crippen LogP contribution in [0, 0.1) is 0 Å². The molecule has 0 atom stereocenters. The molecule has 0 unspecified atom stereocenters. The Bertz CT molecular complexity index is 659. The standard InChI is InChI=1S/C17H21ClN4O/c1-21-12-19-10-16(21)17(23)20-15-6-8-22(9-7-15)11-13-2-4-14(18)5-3-13/h2-5,10,12,15H,6-9,11H2,1H3,(H,20,23). The predicted molar refractivity (Wildman–Crippen MR) is 90.4 cm³/mol. The number of hydrogen-bond acceptors (Lipinski definition) is 3. The number of benzene rings is 1. The molecule has 0 radical (unpaired) electrons. The number of aromatic nitrogens is 2. The van der Waals surface area contributed by atoms with Gasteiger partial charge in [0.2, 0.25) is 0 Å². The van der Waals surface area contributed by atoms with Crippen molar-refractivity contribution in [2.75, 3.05) is 13.1 Å². The smallest absolute Gasteiger partial charge is 0.269 e. The third kappa shape index (κ3) is 4.12. The summed E-state index contributed by atoms with van der Waals surface area (Å²) in [6, 6.07) is 8.23. The fraction of sp³-hybridized carbons (Fsp3) is 0.412. The minimum absolute atomic E-state index is 0.0406. The average Bonchev–Trinajstić information content (AvgIpc) is 2.98. The fourth-order valence-corrected chi connectivity index (χ4v) is 3.04. The summed E-state index contributed by atoms with van der Waals surface area (Å²) >= 11 is 5.92. The van der Waals surface area contributed by atoms with Crippen molar-refractivity contribution in [1.82, 2.24) is 19.8 Å². The van der Waals surface area contributed by atoms with Crippen LogP contribution in [0.1, 0.15) is 28.9 Å². The molecule has 6 heteroatoms. The van der Waals surface area contributed by atoms with Gasteiger partial charge >= 0.3 is 0 Å². The number of nitrogens with zero attached hydrogens (tertiary/aromatic N) is 3. The topological polar surface area (TPSA) is 50.2 Å².